The van der Waals surface area contributed by atoms with Crippen molar-refractivity contribution in [2.75, 3.05) is 18.0 Å². The second-order valence-corrected chi connectivity index (χ2v) is 5.20. The van der Waals surface area contributed by atoms with Crippen LogP contribution in [0.1, 0.15) is 0 Å². The second-order valence-electron chi connectivity index (χ2n) is 4.76. The summed E-state index contributed by atoms with van der Waals surface area (Å²) < 4.78 is 0. The summed E-state index contributed by atoms with van der Waals surface area (Å²) in [6.45, 7) is 1.96. The van der Waals surface area contributed by atoms with Crippen LogP contribution < -0.4 is 10.6 Å². The van der Waals surface area contributed by atoms with Gasteiger partial charge in [-0.15, -0.1) is 0 Å². The molecule has 2 aliphatic rings. The number of nitrogens with two attached hydrogens (primary N) is 1. The van der Waals surface area contributed by atoms with E-state index in [1.54, 1.807) is 0 Å². The van der Waals surface area contributed by atoms with Crippen molar-refractivity contribution in [2.45, 2.75) is 0 Å². The van der Waals surface area contributed by atoms with E-state index >= 15 is 0 Å². The molecule has 1 aliphatic heterocycles. The molecule has 2 unspecified atom stereocenters. The summed E-state index contributed by atoms with van der Waals surface area (Å²) in [5, 5.41) is 12.5. The quantitative estimate of drug-likeness (QED) is 0.364. The molecule has 0 spiro atoms. The molecule has 1 aromatic carbocycles. The first-order valence-corrected chi connectivity index (χ1v) is 6.06. The second kappa shape index (κ2) is 3.81. The summed E-state index contributed by atoms with van der Waals surface area (Å²) in [5.74, 6) is 1.75. The number of benzene rings is 1. The molecule has 1 aliphatic carbocycles. The number of anilines is 1. The largest absolute Gasteiger partial charge is 0.409 e. The third kappa shape index (κ3) is 1.72. The molecule has 4 nitrogen and oxygen atoms in total. The number of fused-ring (bicyclic) bond motifs is 1. The van der Waals surface area contributed by atoms with Gasteiger partial charge in [0.25, 0.3) is 0 Å². The normalized spacial score (nSPS) is 31.5. The Morgan fingerprint density at radius 1 is 1.29 bits per heavy atom. The van der Waals surface area contributed by atoms with Crippen LogP contribution in [0, 0.1) is 17.8 Å². The number of halogens is 1. The fourth-order valence-corrected chi connectivity index (χ4v) is 3.02. The molecule has 1 heterocycles. The third-order valence-electron chi connectivity index (χ3n) is 3.84. The lowest BCUT2D eigenvalue weighted by atomic mass is 10.2. The molecular weight excluding hydrogens is 238 g/mol. The van der Waals surface area contributed by atoms with Crippen LogP contribution in [-0.4, -0.2) is 24.1 Å². The standard InChI is InChI=1S/C12H14ClN3O/c13-7-1-3-8(4-2-7)16-5-9-10(6-16)11(9)12(14)15-17/h1-4,9-11,17H,5-6H2,(H2,14,15). The molecule has 0 radical (unpaired) electrons. The maximum absolute atomic E-state index is 8.65. The number of amidine groups is 1. The Labute approximate surface area is 105 Å². The number of nitrogens with zero attached hydrogens (tertiary/aromatic N) is 2. The first-order valence-electron chi connectivity index (χ1n) is 5.68. The SMILES string of the molecule is NC(=NO)C1C2CN(c3ccc(Cl)cc3)CC21. The number of rotatable bonds is 2. The summed E-state index contributed by atoms with van der Waals surface area (Å²) in [6, 6.07) is 7.88. The molecule has 90 valence electrons. The molecule has 0 amide bonds. The lowest BCUT2D eigenvalue weighted by molar-refractivity contribution is 0.315. The van der Waals surface area contributed by atoms with E-state index in [4.69, 9.17) is 22.5 Å². The third-order valence-corrected chi connectivity index (χ3v) is 4.09. The Balaban J connectivity index is 1.67. The molecule has 17 heavy (non-hydrogen) atoms. The van der Waals surface area contributed by atoms with Gasteiger partial charge in [-0.3, -0.25) is 0 Å². The van der Waals surface area contributed by atoms with Crippen LogP contribution in [0.15, 0.2) is 29.4 Å². The zero-order valence-electron chi connectivity index (χ0n) is 9.25. The predicted octanol–water partition coefficient (Wildman–Crippen LogP) is 1.77. The zero-order valence-corrected chi connectivity index (χ0v) is 10.0. The Morgan fingerprint density at radius 2 is 1.88 bits per heavy atom. The topological polar surface area (TPSA) is 61.9 Å². The fraction of sp³-hybridized carbons (Fsp3) is 0.417. The van der Waals surface area contributed by atoms with Gasteiger partial charge < -0.3 is 15.8 Å². The van der Waals surface area contributed by atoms with Gasteiger partial charge in [-0.2, -0.15) is 0 Å². The average molecular weight is 252 g/mol. The van der Waals surface area contributed by atoms with E-state index in [9.17, 15) is 0 Å². The molecule has 1 saturated carbocycles. The Hall–Kier alpha value is -1.42. The summed E-state index contributed by atoms with van der Waals surface area (Å²) in [6.07, 6.45) is 0. The zero-order chi connectivity index (χ0) is 12.0. The molecule has 2 fully saturated rings. The predicted molar refractivity (Wildman–Crippen MR) is 67.5 cm³/mol. The van der Waals surface area contributed by atoms with Crippen molar-refractivity contribution in [1.29, 1.82) is 0 Å². The highest BCUT2D eigenvalue weighted by atomic mass is 35.5. The number of hydrogen-bond donors (Lipinski definition) is 2. The number of hydrogen-bond acceptors (Lipinski definition) is 3. The highest BCUT2D eigenvalue weighted by Crippen LogP contribution is 2.52. The van der Waals surface area contributed by atoms with Gasteiger partial charge in [-0.05, 0) is 36.1 Å². The first-order chi connectivity index (χ1) is 8.20. The van der Waals surface area contributed by atoms with Gasteiger partial charge in [0, 0.05) is 29.7 Å². The van der Waals surface area contributed by atoms with E-state index in [0.717, 1.165) is 18.1 Å². The number of piperidine rings is 1. The first kappa shape index (κ1) is 10.7. The van der Waals surface area contributed by atoms with Crippen LogP contribution >= 0.6 is 11.6 Å². The minimum Gasteiger partial charge on any atom is -0.409 e. The van der Waals surface area contributed by atoms with Gasteiger partial charge >= 0.3 is 0 Å². The van der Waals surface area contributed by atoms with E-state index in [1.165, 1.54) is 5.69 Å². The van der Waals surface area contributed by atoms with Gasteiger partial charge in [0.2, 0.25) is 0 Å². The van der Waals surface area contributed by atoms with E-state index < -0.39 is 0 Å². The maximum Gasteiger partial charge on any atom is 0.142 e. The summed E-state index contributed by atoms with van der Waals surface area (Å²) in [7, 11) is 0. The average Bonchev–Trinajstić information content (AvgIpc) is 2.84. The monoisotopic (exact) mass is 251 g/mol. The summed E-state index contributed by atoms with van der Waals surface area (Å²) in [4.78, 5) is 2.33. The Kier molecular flexibility index (Phi) is 2.40. The van der Waals surface area contributed by atoms with Crippen molar-refractivity contribution >= 4 is 23.1 Å². The molecule has 3 rings (SSSR count). The molecule has 0 aromatic heterocycles. The van der Waals surface area contributed by atoms with E-state index in [-0.39, 0.29) is 5.92 Å². The molecular formula is C12H14ClN3O. The molecule has 5 heteroatoms. The van der Waals surface area contributed by atoms with Crippen molar-refractivity contribution < 1.29 is 5.21 Å². The molecule has 1 aromatic rings. The van der Waals surface area contributed by atoms with Gasteiger partial charge in [-0.25, -0.2) is 0 Å². The van der Waals surface area contributed by atoms with Crippen molar-refractivity contribution in [2.24, 2.45) is 28.6 Å². The van der Waals surface area contributed by atoms with Crippen molar-refractivity contribution in [3.05, 3.63) is 29.3 Å². The number of oxime groups is 1. The van der Waals surface area contributed by atoms with Crippen LogP contribution in [0.2, 0.25) is 5.02 Å². The van der Waals surface area contributed by atoms with E-state index in [1.807, 2.05) is 24.3 Å². The lowest BCUT2D eigenvalue weighted by Crippen LogP contribution is -2.28. The van der Waals surface area contributed by atoms with Crippen LogP contribution in [0.5, 0.6) is 0 Å². The van der Waals surface area contributed by atoms with Gasteiger partial charge in [0.15, 0.2) is 0 Å². The molecule has 3 N–H and O–H groups in total. The van der Waals surface area contributed by atoms with Crippen LogP contribution in [-0.2, 0) is 0 Å². The summed E-state index contributed by atoms with van der Waals surface area (Å²) in [5.41, 5.74) is 6.83. The highest BCUT2D eigenvalue weighted by Gasteiger charge is 2.57. The van der Waals surface area contributed by atoms with Crippen LogP contribution in [0.4, 0.5) is 5.69 Å². The van der Waals surface area contributed by atoms with Gasteiger partial charge in [0.05, 0.1) is 0 Å². The minimum absolute atomic E-state index is 0.281. The molecule has 0 bridgehead atoms. The smallest absolute Gasteiger partial charge is 0.142 e. The highest BCUT2D eigenvalue weighted by molar-refractivity contribution is 6.30. The van der Waals surface area contributed by atoms with E-state index in [2.05, 4.69) is 10.1 Å². The minimum atomic E-state index is 0.281. The van der Waals surface area contributed by atoms with Crippen LogP contribution in [0.3, 0.4) is 0 Å². The van der Waals surface area contributed by atoms with Gasteiger partial charge in [-0.1, -0.05) is 16.8 Å². The molecule has 1 saturated heterocycles. The summed E-state index contributed by atoms with van der Waals surface area (Å²) >= 11 is 5.86. The van der Waals surface area contributed by atoms with Gasteiger partial charge in [0.1, 0.15) is 5.84 Å². The maximum atomic E-state index is 8.65. The fourth-order valence-electron chi connectivity index (χ4n) is 2.89. The van der Waals surface area contributed by atoms with E-state index in [0.29, 0.717) is 17.7 Å². The van der Waals surface area contributed by atoms with Crippen molar-refractivity contribution in [3.63, 3.8) is 0 Å². The van der Waals surface area contributed by atoms with Crippen molar-refractivity contribution in [1.82, 2.24) is 0 Å². The molecule has 2 atom stereocenters. The lowest BCUT2D eigenvalue weighted by Gasteiger charge is -2.21. The Morgan fingerprint density at radius 3 is 2.41 bits per heavy atom. The van der Waals surface area contributed by atoms with Crippen molar-refractivity contribution in [3.8, 4) is 0 Å². The Bertz CT molecular complexity index is 447. The van der Waals surface area contributed by atoms with Crippen LogP contribution in [0.25, 0.3) is 0 Å².